The van der Waals surface area contributed by atoms with Crippen LogP contribution in [-0.2, 0) is 4.79 Å². The molecule has 1 aliphatic rings. The van der Waals surface area contributed by atoms with Crippen LogP contribution in [0, 0.1) is 5.41 Å². The molecule has 1 saturated heterocycles. The molecule has 2 unspecified atom stereocenters. The predicted molar refractivity (Wildman–Crippen MR) is 78.1 cm³/mol. The number of nitrogens with one attached hydrogen (secondary N) is 2. The topological polar surface area (TPSA) is 41.1 Å². The number of piperidine rings is 1. The average Bonchev–Trinajstić information content (AvgIpc) is 2.46. The second kappa shape index (κ2) is 6.20. The van der Waals surface area contributed by atoms with Crippen molar-refractivity contribution in [3.05, 3.63) is 35.9 Å². The Morgan fingerprint density at radius 3 is 2.79 bits per heavy atom. The maximum absolute atomic E-state index is 12.3. The second-order valence-corrected chi connectivity index (χ2v) is 5.86. The van der Waals surface area contributed by atoms with Crippen molar-refractivity contribution >= 4 is 5.91 Å². The first-order valence-electron chi connectivity index (χ1n) is 7.16. The molecule has 0 radical (unpaired) electrons. The average molecular weight is 260 g/mol. The van der Waals surface area contributed by atoms with E-state index in [1.165, 1.54) is 5.56 Å². The van der Waals surface area contributed by atoms with Crippen LogP contribution >= 0.6 is 0 Å². The summed E-state index contributed by atoms with van der Waals surface area (Å²) in [5.41, 5.74) is 1.03. The summed E-state index contributed by atoms with van der Waals surface area (Å²) in [6, 6.07) is 10.3. The highest BCUT2D eigenvalue weighted by molar-refractivity contribution is 5.82. The fourth-order valence-electron chi connectivity index (χ4n) is 2.61. The zero-order chi connectivity index (χ0) is 13.7. The fourth-order valence-corrected chi connectivity index (χ4v) is 2.61. The van der Waals surface area contributed by atoms with E-state index in [4.69, 9.17) is 0 Å². The highest BCUT2D eigenvalue weighted by Crippen LogP contribution is 2.25. The molecule has 0 spiro atoms. The van der Waals surface area contributed by atoms with Crippen LogP contribution in [0.25, 0.3) is 0 Å². The fraction of sp³-hybridized carbons (Fsp3) is 0.562. The van der Waals surface area contributed by atoms with Crippen LogP contribution < -0.4 is 10.6 Å². The molecule has 0 bridgehead atoms. The summed E-state index contributed by atoms with van der Waals surface area (Å²) in [5.74, 6) is 0.535. The van der Waals surface area contributed by atoms with Crippen LogP contribution in [0.5, 0.6) is 0 Å². The van der Waals surface area contributed by atoms with Gasteiger partial charge in [-0.1, -0.05) is 37.3 Å². The van der Waals surface area contributed by atoms with Gasteiger partial charge in [0.05, 0.1) is 5.41 Å². The minimum Gasteiger partial charge on any atom is -0.355 e. The largest absolute Gasteiger partial charge is 0.355 e. The van der Waals surface area contributed by atoms with Crippen LogP contribution in [0.2, 0.25) is 0 Å². The summed E-state index contributed by atoms with van der Waals surface area (Å²) in [6.45, 7) is 6.74. The first-order valence-corrected chi connectivity index (χ1v) is 7.16. The van der Waals surface area contributed by atoms with Crippen molar-refractivity contribution in [1.82, 2.24) is 10.6 Å². The van der Waals surface area contributed by atoms with Gasteiger partial charge in [-0.25, -0.2) is 0 Å². The van der Waals surface area contributed by atoms with Crippen LogP contribution in [0.1, 0.15) is 38.2 Å². The minimum absolute atomic E-state index is 0.183. The lowest BCUT2D eigenvalue weighted by Crippen LogP contribution is -2.49. The SMILES string of the molecule is CC(CNC(=O)C1(C)CCCNC1)c1ccccc1. The van der Waals surface area contributed by atoms with Gasteiger partial charge < -0.3 is 10.6 Å². The Labute approximate surface area is 115 Å². The molecule has 0 aliphatic carbocycles. The highest BCUT2D eigenvalue weighted by atomic mass is 16.2. The molecule has 1 aliphatic heterocycles. The van der Waals surface area contributed by atoms with Gasteiger partial charge in [0, 0.05) is 13.1 Å². The molecule has 104 valence electrons. The standard InChI is InChI=1S/C16H24N2O/c1-13(14-7-4-3-5-8-14)11-18-15(19)16(2)9-6-10-17-12-16/h3-5,7-8,13,17H,6,9-12H2,1-2H3,(H,18,19). The molecule has 1 aromatic rings. The third kappa shape index (κ3) is 3.57. The van der Waals surface area contributed by atoms with Crippen molar-refractivity contribution in [3.8, 4) is 0 Å². The zero-order valence-corrected chi connectivity index (χ0v) is 11.9. The van der Waals surface area contributed by atoms with Gasteiger partial charge in [-0.2, -0.15) is 0 Å². The number of hydrogen-bond acceptors (Lipinski definition) is 2. The van der Waals surface area contributed by atoms with E-state index < -0.39 is 0 Å². The number of carbonyl (C=O) groups excluding carboxylic acids is 1. The van der Waals surface area contributed by atoms with E-state index in [2.05, 4.69) is 36.6 Å². The molecule has 1 aromatic carbocycles. The van der Waals surface area contributed by atoms with Gasteiger partial charge in [-0.3, -0.25) is 4.79 Å². The first-order chi connectivity index (χ1) is 9.12. The van der Waals surface area contributed by atoms with Gasteiger partial charge >= 0.3 is 0 Å². The van der Waals surface area contributed by atoms with Gasteiger partial charge in [-0.15, -0.1) is 0 Å². The smallest absolute Gasteiger partial charge is 0.227 e. The maximum atomic E-state index is 12.3. The van der Waals surface area contributed by atoms with Crippen LogP contribution in [0.15, 0.2) is 30.3 Å². The van der Waals surface area contributed by atoms with E-state index in [1.54, 1.807) is 0 Å². The summed E-state index contributed by atoms with van der Waals surface area (Å²) in [5, 5.41) is 6.43. The normalized spacial score (nSPS) is 24.7. The Morgan fingerprint density at radius 2 is 2.16 bits per heavy atom. The molecular weight excluding hydrogens is 236 g/mol. The summed E-state index contributed by atoms with van der Waals surface area (Å²) >= 11 is 0. The minimum atomic E-state index is -0.241. The number of benzene rings is 1. The molecule has 3 heteroatoms. The molecule has 2 rings (SSSR count). The third-order valence-corrected chi connectivity index (χ3v) is 4.08. The number of hydrogen-bond donors (Lipinski definition) is 2. The lowest BCUT2D eigenvalue weighted by Gasteiger charge is -2.33. The molecule has 1 heterocycles. The lowest BCUT2D eigenvalue weighted by molar-refractivity contribution is -0.131. The van der Waals surface area contributed by atoms with Crippen molar-refractivity contribution in [1.29, 1.82) is 0 Å². The van der Waals surface area contributed by atoms with Crippen molar-refractivity contribution in [2.24, 2.45) is 5.41 Å². The zero-order valence-electron chi connectivity index (χ0n) is 11.9. The maximum Gasteiger partial charge on any atom is 0.227 e. The lowest BCUT2D eigenvalue weighted by atomic mass is 9.82. The second-order valence-electron chi connectivity index (χ2n) is 5.86. The molecule has 2 N–H and O–H groups in total. The Balaban J connectivity index is 1.86. The summed E-state index contributed by atoms with van der Waals surface area (Å²) in [4.78, 5) is 12.3. The molecule has 0 saturated carbocycles. The molecule has 1 fully saturated rings. The van der Waals surface area contributed by atoms with Crippen LogP contribution in [0.4, 0.5) is 0 Å². The van der Waals surface area contributed by atoms with E-state index in [-0.39, 0.29) is 11.3 Å². The van der Waals surface area contributed by atoms with Crippen LogP contribution in [-0.4, -0.2) is 25.5 Å². The number of rotatable bonds is 4. The van der Waals surface area contributed by atoms with E-state index in [0.29, 0.717) is 12.5 Å². The van der Waals surface area contributed by atoms with Gasteiger partial charge in [0.1, 0.15) is 0 Å². The van der Waals surface area contributed by atoms with E-state index in [1.807, 2.05) is 18.2 Å². The van der Waals surface area contributed by atoms with E-state index in [0.717, 1.165) is 25.9 Å². The monoisotopic (exact) mass is 260 g/mol. The number of amides is 1. The molecule has 2 atom stereocenters. The number of carbonyl (C=O) groups is 1. The summed E-state index contributed by atoms with van der Waals surface area (Å²) in [6.07, 6.45) is 2.06. The van der Waals surface area contributed by atoms with Gasteiger partial charge in [0.15, 0.2) is 0 Å². The molecule has 1 amide bonds. The highest BCUT2D eigenvalue weighted by Gasteiger charge is 2.34. The molecule has 19 heavy (non-hydrogen) atoms. The van der Waals surface area contributed by atoms with Crippen molar-refractivity contribution in [2.75, 3.05) is 19.6 Å². The molecule has 0 aromatic heterocycles. The van der Waals surface area contributed by atoms with E-state index in [9.17, 15) is 4.79 Å². The van der Waals surface area contributed by atoms with Gasteiger partial charge in [0.2, 0.25) is 5.91 Å². The van der Waals surface area contributed by atoms with Crippen molar-refractivity contribution in [2.45, 2.75) is 32.6 Å². The molecule has 3 nitrogen and oxygen atoms in total. The first kappa shape index (κ1) is 14.1. The predicted octanol–water partition coefficient (Wildman–Crippen LogP) is 2.30. The van der Waals surface area contributed by atoms with Gasteiger partial charge in [0.25, 0.3) is 0 Å². The quantitative estimate of drug-likeness (QED) is 0.872. The Morgan fingerprint density at radius 1 is 1.42 bits per heavy atom. The molecular formula is C16H24N2O. The van der Waals surface area contributed by atoms with Gasteiger partial charge in [-0.05, 0) is 37.8 Å². The Bertz CT molecular complexity index is 410. The third-order valence-electron chi connectivity index (χ3n) is 4.08. The van der Waals surface area contributed by atoms with Crippen LogP contribution in [0.3, 0.4) is 0 Å². The van der Waals surface area contributed by atoms with E-state index >= 15 is 0 Å². The Kier molecular flexibility index (Phi) is 4.59. The summed E-state index contributed by atoms with van der Waals surface area (Å²) in [7, 11) is 0. The summed E-state index contributed by atoms with van der Waals surface area (Å²) < 4.78 is 0. The van der Waals surface area contributed by atoms with Crippen molar-refractivity contribution < 1.29 is 4.79 Å². The Hall–Kier alpha value is -1.35. The van der Waals surface area contributed by atoms with Crippen molar-refractivity contribution in [3.63, 3.8) is 0 Å².